The summed E-state index contributed by atoms with van der Waals surface area (Å²) in [6.07, 6.45) is 0.531. The van der Waals surface area contributed by atoms with Gasteiger partial charge in [-0.05, 0) is 38.1 Å². The number of carbonyl (C=O) groups is 1. The molecule has 2 N–H and O–H groups in total. The van der Waals surface area contributed by atoms with Crippen LogP contribution in [-0.2, 0) is 4.79 Å². The molecule has 1 amide bonds. The zero-order chi connectivity index (χ0) is 12.6. The molecule has 0 radical (unpaired) electrons. The molecule has 0 saturated carbocycles. The van der Waals surface area contributed by atoms with Gasteiger partial charge >= 0.3 is 0 Å². The second kappa shape index (κ2) is 4.67. The lowest BCUT2D eigenvalue weighted by atomic mass is 10.0. The van der Waals surface area contributed by atoms with Crippen LogP contribution in [0.2, 0.25) is 5.02 Å². The number of anilines is 1. The van der Waals surface area contributed by atoms with E-state index in [2.05, 4.69) is 0 Å². The van der Waals surface area contributed by atoms with Gasteiger partial charge in [-0.25, -0.2) is 0 Å². The summed E-state index contributed by atoms with van der Waals surface area (Å²) in [6, 6.07) is 5.77. The third-order valence-corrected chi connectivity index (χ3v) is 3.76. The van der Waals surface area contributed by atoms with Crippen molar-refractivity contribution in [2.24, 2.45) is 11.7 Å². The number of hydrogen-bond donors (Lipinski definition) is 1. The van der Waals surface area contributed by atoms with Crippen LogP contribution in [0.4, 0.5) is 5.69 Å². The Balaban J connectivity index is 2.39. The van der Waals surface area contributed by atoms with E-state index in [9.17, 15) is 4.79 Å². The first-order chi connectivity index (χ1) is 8.04. The molecule has 2 atom stereocenters. The number of amides is 1. The van der Waals surface area contributed by atoms with Gasteiger partial charge in [-0.15, -0.1) is 0 Å². The normalized spacial score (nSPS) is 24.5. The smallest absolute Gasteiger partial charge is 0.227 e. The van der Waals surface area contributed by atoms with Gasteiger partial charge in [-0.3, -0.25) is 4.79 Å². The lowest BCUT2D eigenvalue weighted by molar-refractivity contribution is -0.117. The van der Waals surface area contributed by atoms with E-state index >= 15 is 0 Å². The molecular formula is C13H17ClN2O. The molecule has 1 aliphatic heterocycles. The van der Waals surface area contributed by atoms with Gasteiger partial charge in [0.2, 0.25) is 5.91 Å². The maximum atomic E-state index is 12.0. The van der Waals surface area contributed by atoms with E-state index in [0.29, 0.717) is 18.0 Å². The van der Waals surface area contributed by atoms with Crippen LogP contribution >= 0.6 is 11.6 Å². The third-order valence-electron chi connectivity index (χ3n) is 3.53. The van der Waals surface area contributed by atoms with Crippen molar-refractivity contribution in [1.29, 1.82) is 0 Å². The fourth-order valence-corrected chi connectivity index (χ4v) is 2.57. The predicted molar refractivity (Wildman–Crippen MR) is 70.3 cm³/mol. The van der Waals surface area contributed by atoms with E-state index in [1.807, 2.05) is 36.9 Å². The number of aryl methyl sites for hydroxylation is 1. The molecule has 4 heteroatoms. The Morgan fingerprint density at radius 1 is 1.53 bits per heavy atom. The van der Waals surface area contributed by atoms with Crippen molar-refractivity contribution in [3.05, 3.63) is 28.8 Å². The monoisotopic (exact) mass is 252 g/mol. The fourth-order valence-electron chi connectivity index (χ4n) is 2.41. The Labute approximate surface area is 107 Å². The summed E-state index contributed by atoms with van der Waals surface area (Å²) >= 11 is 6.00. The fraction of sp³-hybridized carbons (Fsp3) is 0.462. The molecule has 0 aromatic heterocycles. The second-order valence-corrected chi connectivity index (χ2v) is 5.07. The molecular weight excluding hydrogens is 236 g/mol. The molecule has 0 spiro atoms. The lowest BCUT2D eigenvalue weighted by Crippen LogP contribution is -2.35. The van der Waals surface area contributed by atoms with Crippen LogP contribution in [0, 0.1) is 12.8 Å². The molecule has 0 bridgehead atoms. The van der Waals surface area contributed by atoms with Crippen LogP contribution in [0.25, 0.3) is 0 Å². The van der Waals surface area contributed by atoms with Gasteiger partial charge in [-0.1, -0.05) is 17.7 Å². The highest BCUT2D eigenvalue weighted by Crippen LogP contribution is 2.33. The van der Waals surface area contributed by atoms with E-state index in [4.69, 9.17) is 17.3 Å². The Hall–Kier alpha value is -1.06. The topological polar surface area (TPSA) is 46.3 Å². The summed E-state index contributed by atoms with van der Waals surface area (Å²) in [4.78, 5) is 13.9. The van der Waals surface area contributed by atoms with E-state index < -0.39 is 0 Å². The first-order valence-electron chi connectivity index (χ1n) is 5.83. The first-order valence-corrected chi connectivity index (χ1v) is 6.20. The minimum absolute atomic E-state index is 0.137. The summed E-state index contributed by atoms with van der Waals surface area (Å²) in [5.41, 5.74) is 7.66. The molecule has 2 rings (SSSR count). The van der Waals surface area contributed by atoms with Crippen LogP contribution < -0.4 is 10.6 Å². The molecule has 2 unspecified atom stereocenters. The first kappa shape index (κ1) is 12.4. The number of nitrogens with two attached hydrogens (primary N) is 1. The van der Waals surface area contributed by atoms with E-state index in [-0.39, 0.29) is 17.9 Å². The number of rotatable bonds is 2. The van der Waals surface area contributed by atoms with Gasteiger partial charge in [0.1, 0.15) is 0 Å². The highest BCUT2D eigenvalue weighted by atomic mass is 35.5. The van der Waals surface area contributed by atoms with E-state index in [0.717, 1.165) is 11.3 Å². The van der Waals surface area contributed by atoms with Gasteiger partial charge in [-0.2, -0.15) is 0 Å². The molecule has 92 valence electrons. The van der Waals surface area contributed by atoms with Crippen molar-refractivity contribution < 1.29 is 4.79 Å². The Bertz CT molecular complexity index is 447. The Morgan fingerprint density at radius 3 is 2.82 bits per heavy atom. The van der Waals surface area contributed by atoms with E-state index in [1.165, 1.54) is 0 Å². The molecule has 17 heavy (non-hydrogen) atoms. The molecule has 3 nitrogen and oxygen atoms in total. The molecule has 1 saturated heterocycles. The summed E-state index contributed by atoms with van der Waals surface area (Å²) in [7, 11) is 0. The van der Waals surface area contributed by atoms with Gasteiger partial charge in [0.25, 0.3) is 0 Å². The number of hydrogen-bond acceptors (Lipinski definition) is 2. The van der Waals surface area contributed by atoms with Crippen molar-refractivity contribution >= 4 is 23.2 Å². The molecule has 0 aliphatic carbocycles. The number of carbonyl (C=O) groups excluding carboxylic acids is 1. The van der Waals surface area contributed by atoms with Crippen molar-refractivity contribution in [3.8, 4) is 0 Å². The Morgan fingerprint density at radius 2 is 2.24 bits per heavy atom. The quantitative estimate of drug-likeness (QED) is 0.878. The van der Waals surface area contributed by atoms with Crippen LogP contribution in [0.1, 0.15) is 18.9 Å². The van der Waals surface area contributed by atoms with Crippen molar-refractivity contribution in [2.75, 3.05) is 11.4 Å². The molecule has 1 fully saturated rings. The largest absolute Gasteiger partial charge is 0.330 e. The minimum atomic E-state index is 0.137. The molecule has 1 aliphatic rings. The summed E-state index contributed by atoms with van der Waals surface area (Å²) in [5, 5.41) is 0.654. The number of benzene rings is 1. The average Bonchev–Trinajstić information content (AvgIpc) is 2.58. The maximum Gasteiger partial charge on any atom is 0.227 e. The maximum absolute atomic E-state index is 12.0. The van der Waals surface area contributed by atoms with Gasteiger partial charge in [0.05, 0.1) is 0 Å². The van der Waals surface area contributed by atoms with Gasteiger partial charge < -0.3 is 10.6 Å². The molecule has 1 aromatic rings. The van der Waals surface area contributed by atoms with Crippen LogP contribution in [0.5, 0.6) is 0 Å². The highest BCUT2D eigenvalue weighted by Gasteiger charge is 2.37. The highest BCUT2D eigenvalue weighted by molar-refractivity contribution is 6.31. The Kier molecular flexibility index (Phi) is 3.40. The van der Waals surface area contributed by atoms with Crippen LogP contribution in [-0.4, -0.2) is 18.5 Å². The molecule has 1 heterocycles. The number of halogens is 1. The van der Waals surface area contributed by atoms with Crippen molar-refractivity contribution in [1.82, 2.24) is 0 Å². The standard InChI is InChI=1S/C13H17ClN2O/c1-8-3-4-11(14)6-12(8)16-9(2)10(7-15)5-13(16)17/h3-4,6,9-10H,5,7,15H2,1-2H3. The number of nitrogens with zero attached hydrogens (tertiary/aromatic N) is 1. The van der Waals surface area contributed by atoms with Crippen LogP contribution in [0.3, 0.4) is 0 Å². The zero-order valence-electron chi connectivity index (χ0n) is 10.1. The minimum Gasteiger partial charge on any atom is -0.330 e. The zero-order valence-corrected chi connectivity index (χ0v) is 10.9. The lowest BCUT2D eigenvalue weighted by Gasteiger charge is -2.26. The average molecular weight is 253 g/mol. The van der Waals surface area contributed by atoms with Gasteiger partial charge in [0, 0.05) is 29.1 Å². The summed E-state index contributed by atoms with van der Waals surface area (Å²) in [6.45, 7) is 4.58. The van der Waals surface area contributed by atoms with Gasteiger partial charge in [0.15, 0.2) is 0 Å². The summed E-state index contributed by atoms with van der Waals surface area (Å²) < 4.78 is 0. The van der Waals surface area contributed by atoms with Crippen LogP contribution in [0.15, 0.2) is 18.2 Å². The summed E-state index contributed by atoms with van der Waals surface area (Å²) in [5.74, 6) is 0.374. The van der Waals surface area contributed by atoms with Crippen molar-refractivity contribution in [2.45, 2.75) is 26.3 Å². The third kappa shape index (κ3) is 2.17. The second-order valence-electron chi connectivity index (χ2n) is 4.64. The molecule has 1 aromatic carbocycles. The SMILES string of the molecule is Cc1ccc(Cl)cc1N1C(=O)CC(CN)C1C. The van der Waals surface area contributed by atoms with E-state index in [1.54, 1.807) is 0 Å². The van der Waals surface area contributed by atoms with Crippen molar-refractivity contribution in [3.63, 3.8) is 0 Å². The predicted octanol–water partition coefficient (Wildman–Crippen LogP) is 2.35.